The molecule has 0 unspecified atom stereocenters. The molecule has 0 aliphatic heterocycles. The highest BCUT2D eigenvalue weighted by Gasteiger charge is 2.09. The largest absolute Gasteiger partial charge is 0.497 e. The van der Waals surface area contributed by atoms with E-state index in [2.05, 4.69) is 9.98 Å². The lowest BCUT2D eigenvalue weighted by molar-refractivity contribution is 0.415. The molecule has 0 aliphatic rings. The number of aromatic amines is 1. The molecule has 0 atom stereocenters. The van der Waals surface area contributed by atoms with Crippen LogP contribution in [-0.2, 0) is 0 Å². The molecule has 0 bridgehead atoms. The molecule has 1 heterocycles. The molecule has 3 aromatic rings. The number of H-pyrrole nitrogens is 1. The van der Waals surface area contributed by atoms with Gasteiger partial charge in [0.25, 0.3) is 0 Å². The molecule has 3 rings (SSSR count). The molecule has 0 amide bonds. The fourth-order valence-electron chi connectivity index (χ4n) is 2.41. The van der Waals surface area contributed by atoms with Crippen molar-refractivity contribution in [3.8, 4) is 11.6 Å². The Balaban J connectivity index is 1.95. The van der Waals surface area contributed by atoms with Gasteiger partial charge in [-0.1, -0.05) is 0 Å². The maximum absolute atomic E-state index is 10.1. The van der Waals surface area contributed by atoms with Gasteiger partial charge in [0.1, 0.15) is 5.75 Å². The van der Waals surface area contributed by atoms with Crippen LogP contribution in [0.4, 0.5) is 11.4 Å². The molecule has 0 saturated heterocycles. The van der Waals surface area contributed by atoms with Gasteiger partial charge in [-0.2, -0.15) is 0 Å². The van der Waals surface area contributed by atoms with Gasteiger partial charge in [-0.25, -0.2) is 0 Å². The lowest BCUT2D eigenvalue weighted by Crippen LogP contribution is -2.07. The second-order valence-corrected chi connectivity index (χ2v) is 5.47. The average Bonchev–Trinajstić information content (AvgIpc) is 2.87. The van der Waals surface area contributed by atoms with Crippen LogP contribution in [0.1, 0.15) is 5.56 Å². The van der Waals surface area contributed by atoms with Gasteiger partial charge < -0.3 is 19.7 Å². The third kappa shape index (κ3) is 2.99. The normalized spacial score (nSPS) is 11.3. The predicted octanol–water partition coefficient (Wildman–Crippen LogP) is 3.70. The van der Waals surface area contributed by atoms with Gasteiger partial charge in [-0.3, -0.25) is 4.99 Å². The third-order valence-electron chi connectivity index (χ3n) is 3.73. The summed E-state index contributed by atoms with van der Waals surface area (Å²) >= 11 is 0. The van der Waals surface area contributed by atoms with Crippen LogP contribution in [0.25, 0.3) is 10.9 Å². The molecule has 1 aromatic heterocycles. The minimum Gasteiger partial charge on any atom is -0.497 e. The van der Waals surface area contributed by atoms with Crippen LogP contribution in [0.3, 0.4) is 0 Å². The molecule has 0 aliphatic carbocycles. The second-order valence-electron chi connectivity index (χ2n) is 5.47. The molecule has 0 fully saturated rings. The number of aromatic hydroxyl groups is 1. The first kappa shape index (κ1) is 15.0. The Hall–Kier alpha value is -2.95. The minimum absolute atomic E-state index is 0.0990. The molecule has 5 nitrogen and oxygen atoms in total. The number of hydrogen-bond donors (Lipinski definition) is 2. The van der Waals surface area contributed by atoms with Crippen LogP contribution in [0, 0.1) is 0 Å². The first-order valence-electron chi connectivity index (χ1n) is 7.28. The minimum atomic E-state index is 0.0990. The average molecular weight is 309 g/mol. The molecule has 0 saturated carbocycles. The van der Waals surface area contributed by atoms with E-state index < -0.39 is 0 Å². The molecular weight excluding hydrogens is 290 g/mol. The molecule has 2 aromatic carbocycles. The summed E-state index contributed by atoms with van der Waals surface area (Å²) in [6.07, 6.45) is 1.66. The van der Waals surface area contributed by atoms with Gasteiger partial charge in [0.2, 0.25) is 0 Å². The number of nitrogens with zero attached hydrogens (tertiary/aromatic N) is 2. The van der Waals surface area contributed by atoms with Gasteiger partial charge in [-0.05, 0) is 42.5 Å². The van der Waals surface area contributed by atoms with E-state index in [9.17, 15) is 5.11 Å². The molecule has 23 heavy (non-hydrogen) atoms. The third-order valence-corrected chi connectivity index (χ3v) is 3.73. The van der Waals surface area contributed by atoms with Crippen LogP contribution in [0.2, 0.25) is 0 Å². The van der Waals surface area contributed by atoms with Crippen molar-refractivity contribution in [2.45, 2.75) is 0 Å². The number of aliphatic imine (C=N–C) groups is 1. The number of methoxy groups -OCH3 is 1. The van der Waals surface area contributed by atoms with Gasteiger partial charge in [0.05, 0.1) is 18.4 Å². The number of rotatable bonds is 4. The number of nitrogens with one attached hydrogen (secondary N) is 1. The first-order chi connectivity index (χ1) is 11.1. The number of ether oxygens (including phenoxy) is 1. The van der Waals surface area contributed by atoms with Crippen LogP contribution >= 0.6 is 0 Å². The van der Waals surface area contributed by atoms with Crippen LogP contribution in [0.15, 0.2) is 47.5 Å². The number of benzene rings is 2. The lowest BCUT2D eigenvalue weighted by Gasteiger charge is -2.11. The van der Waals surface area contributed by atoms with Crippen molar-refractivity contribution in [2.75, 3.05) is 26.1 Å². The fourth-order valence-corrected chi connectivity index (χ4v) is 2.41. The van der Waals surface area contributed by atoms with E-state index in [0.29, 0.717) is 5.56 Å². The van der Waals surface area contributed by atoms with Gasteiger partial charge in [0.15, 0.2) is 5.88 Å². The quantitative estimate of drug-likeness (QED) is 0.722. The van der Waals surface area contributed by atoms with Gasteiger partial charge >= 0.3 is 0 Å². The van der Waals surface area contributed by atoms with Crippen molar-refractivity contribution < 1.29 is 9.84 Å². The summed E-state index contributed by atoms with van der Waals surface area (Å²) in [7, 11) is 5.61. The Morgan fingerprint density at radius 3 is 2.52 bits per heavy atom. The molecule has 118 valence electrons. The highest BCUT2D eigenvalue weighted by atomic mass is 16.5. The van der Waals surface area contributed by atoms with Crippen molar-refractivity contribution >= 4 is 28.5 Å². The molecule has 2 N–H and O–H groups in total. The van der Waals surface area contributed by atoms with Crippen LogP contribution in [-0.4, -0.2) is 37.5 Å². The van der Waals surface area contributed by atoms with Crippen molar-refractivity contribution in [1.29, 1.82) is 0 Å². The maximum atomic E-state index is 10.1. The van der Waals surface area contributed by atoms with Crippen LogP contribution < -0.4 is 9.64 Å². The molecule has 5 heteroatoms. The van der Waals surface area contributed by atoms with Gasteiger partial charge in [0, 0.05) is 36.9 Å². The second kappa shape index (κ2) is 6.04. The van der Waals surface area contributed by atoms with Crippen molar-refractivity contribution in [1.82, 2.24) is 4.98 Å². The van der Waals surface area contributed by atoms with E-state index in [1.807, 2.05) is 61.5 Å². The van der Waals surface area contributed by atoms with E-state index in [-0.39, 0.29) is 5.88 Å². The molecular formula is C18H19N3O2. The Labute approximate surface area is 134 Å². The van der Waals surface area contributed by atoms with Crippen molar-refractivity contribution in [3.05, 3.63) is 48.0 Å². The summed E-state index contributed by atoms with van der Waals surface area (Å²) in [5.74, 6) is 0.836. The monoisotopic (exact) mass is 309 g/mol. The number of fused-ring (bicyclic) bond motifs is 1. The Morgan fingerprint density at radius 1 is 1.13 bits per heavy atom. The predicted molar refractivity (Wildman–Crippen MR) is 94.5 cm³/mol. The number of hydrogen-bond acceptors (Lipinski definition) is 4. The molecule has 0 radical (unpaired) electrons. The maximum Gasteiger partial charge on any atom is 0.198 e. The zero-order chi connectivity index (χ0) is 16.4. The lowest BCUT2D eigenvalue weighted by atomic mass is 10.1. The van der Waals surface area contributed by atoms with Gasteiger partial charge in [-0.15, -0.1) is 0 Å². The summed E-state index contributed by atoms with van der Waals surface area (Å²) in [5, 5.41) is 11.0. The fraction of sp³-hybridized carbons (Fsp3) is 0.167. The Bertz CT molecular complexity index is 849. The molecule has 0 spiro atoms. The summed E-state index contributed by atoms with van der Waals surface area (Å²) < 4.78 is 5.24. The van der Waals surface area contributed by atoms with Crippen molar-refractivity contribution in [3.63, 3.8) is 0 Å². The highest BCUT2D eigenvalue weighted by Crippen LogP contribution is 2.29. The smallest absolute Gasteiger partial charge is 0.198 e. The standard InChI is InChI=1S/C18H19N3O2/c1-21(2)13-6-4-12(5-7-13)19-11-16-15-10-14(23-3)8-9-17(15)20-18(16)22/h4-11,20,22H,1-3H3. The summed E-state index contributed by atoms with van der Waals surface area (Å²) in [4.78, 5) is 9.43. The van der Waals surface area contributed by atoms with E-state index in [0.717, 1.165) is 28.0 Å². The Kier molecular flexibility index (Phi) is 3.93. The Morgan fingerprint density at radius 2 is 1.87 bits per heavy atom. The van der Waals surface area contributed by atoms with E-state index in [4.69, 9.17) is 4.74 Å². The number of anilines is 1. The van der Waals surface area contributed by atoms with Crippen LogP contribution in [0.5, 0.6) is 11.6 Å². The van der Waals surface area contributed by atoms with E-state index in [1.165, 1.54) is 0 Å². The zero-order valence-corrected chi connectivity index (χ0v) is 13.4. The van der Waals surface area contributed by atoms with E-state index >= 15 is 0 Å². The van der Waals surface area contributed by atoms with Crippen molar-refractivity contribution in [2.24, 2.45) is 4.99 Å². The topological polar surface area (TPSA) is 60.9 Å². The first-order valence-corrected chi connectivity index (χ1v) is 7.28. The highest BCUT2D eigenvalue weighted by molar-refractivity contribution is 6.03. The van der Waals surface area contributed by atoms with E-state index in [1.54, 1.807) is 13.3 Å². The summed E-state index contributed by atoms with van der Waals surface area (Å²) in [5.41, 5.74) is 3.43. The summed E-state index contributed by atoms with van der Waals surface area (Å²) in [6, 6.07) is 13.5. The zero-order valence-electron chi connectivity index (χ0n) is 13.4. The summed E-state index contributed by atoms with van der Waals surface area (Å²) in [6.45, 7) is 0. The number of aromatic nitrogens is 1. The SMILES string of the molecule is COc1ccc2[nH]c(O)c(C=Nc3ccc(N(C)C)cc3)c2c1.